The van der Waals surface area contributed by atoms with Crippen LogP contribution < -0.4 is 10.6 Å². The second-order valence-corrected chi connectivity index (χ2v) is 8.59. The lowest BCUT2D eigenvalue weighted by molar-refractivity contribution is -0.136. The number of aliphatic carboxylic acids is 1. The first-order valence-electron chi connectivity index (χ1n) is 11.8. The Labute approximate surface area is 204 Å². The lowest BCUT2D eigenvalue weighted by Crippen LogP contribution is -2.26. The number of carboxylic acid groups (broad SMARTS) is 1. The van der Waals surface area contributed by atoms with E-state index in [-0.39, 0.29) is 24.9 Å². The summed E-state index contributed by atoms with van der Waals surface area (Å²) in [5, 5.41) is 14.9. The summed E-state index contributed by atoms with van der Waals surface area (Å²) < 4.78 is 5.90. The number of hydrogen-bond donors (Lipinski definition) is 3. The van der Waals surface area contributed by atoms with Crippen LogP contribution in [0.4, 0.5) is 5.69 Å². The first kappa shape index (κ1) is 24.0. The van der Waals surface area contributed by atoms with E-state index in [9.17, 15) is 9.59 Å². The van der Waals surface area contributed by atoms with Gasteiger partial charge in [0.15, 0.2) is 5.58 Å². The molecule has 1 amide bonds. The molecule has 1 heterocycles. The van der Waals surface area contributed by atoms with Crippen molar-refractivity contribution in [3.8, 4) is 11.5 Å². The van der Waals surface area contributed by atoms with Crippen molar-refractivity contribution in [1.82, 2.24) is 10.3 Å². The molecule has 7 nitrogen and oxygen atoms in total. The number of carboxylic acids is 1. The normalized spacial score (nSPS) is 12.7. The van der Waals surface area contributed by atoms with Crippen molar-refractivity contribution in [2.24, 2.45) is 5.92 Å². The van der Waals surface area contributed by atoms with Gasteiger partial charge in [0.25, 0.3) is 5.91 Å². The van der Waals surface area contributed by atoms with Crippen molar-refractivity contribution < 1.29 is 19.1 Å². The summed E-state index contributed by atoms with van der Waals surface area (Å²) in [5.41, 5.74) is 5.07. The number of fused-ring (bicyclic) bond motifs is 1. The van der Waals surface area contributed by atoms with E-state index in [0.29, 0.717) is 17.4 Å². The highest BCUT2D eigenvalue weighted by atomic mass is 16.4. The number of aromatic nitrogens is 1. The maximum atomic E-state index is 12.2. The zero-order valence-electron chi connectivity index (χ0n) is 19.8. The average Bonchev–Trinajstić information content (AvgIpc) is 3.31. The molecule has 0 aliphatic rings. The third kappa shape index (κ3) is 5.87. The van der Waals surface area contributed by atoms with E-state index in [1.807, 2.05) is 48.5 Å². The largest absolute Gasteiger partial charge is 0.481 e. The minimum Gasteiger partial charge on any atom is -0.481 e. The molecular weight excluding hydrogens is 442 g/mol. The fourth-order valence-corrected chi connectivity index (χ4v) is 3.90. The Morgan fingerprint density at radius 3 is 2.37 bits per heavy atom. The van der Waals surface area contributed by atoms with Gasteiger partial charge < -0.3 is 20.2 Å². The number of carbonyl (C=O) groups is 2. The Hall–Kier alpha value is -4.13. The van der Waals surface area contributed by atoms with E-state index in [1.165, 1.54) is 0 Å². The smallest absolute Gasteiger partial charge is 0.305 e. The summed E-state index contributed by atoms with van der Waals surface area (Å²) in [6, 6.07) is 23.3. The third-order valence-corrected chi connectivity index (χ3v) is 6.12. The minimum absolute atomic E-state index is 0.0768. The van der Waals surface area contributed by atoms with Crippen molar-refractivity contribution >= 4 is 28.7 Å². The van der Waals surface area contributed by atoms with Gasteiger partial charge in [-0.15, -0.1) is 0 Å². The number of hydrogen-bond acceptors (Lipinski definition) is 5. The van der Waals surface area contributed by atoms with Gasteiger partial charge in [0, 0.05) is 23.4 Å². The summed E-state index contributed by atoms with van der Waals surface area (Å²) in [6.45, 7) is 4.47. The molecule has 180 valence electrons. The highest BCUT2D eigenvalue weighted by molar-refractivity contribution is 5.94. The Morgan fingerprint density at radius 2 is 1.71 bits per heavy atom. The fourth-order valence-electron chi connectivity index (χ4n) is 3.90. The first-order valence-corrected chi connectivity index (χ1v) is 11.8. The Kier molecular flexibility index (Phi) is 7.45. The SMILES string of the molecule is CCC(C)[C@@H](Nc1ccc(C(=O)NCCC(=O)O)cc1)c1ccc(-c2nc3ccccc3o2)cc1. The molecule has 0 radical (unpaired) electrons. The monoisotopic (exact) mass is 471 g/mol. The quantitative estimate of drug-likeness (QED) is 0.266. The van der Waals surface area contributed by atoms with Gasteiger partial charge in [-0.3, -0.25) is 9.59 Å². The molecule has 0 bridgehead atoms. The highest BCUT2D eigenvalue weighted by Crippen LogP contribution is 2.31. The number of benzene rings is 3. The molecule has 3 aromatic carbocycles. The van der Waals surface area contributed by atoms with Crippen LogP contribution in [0.25, 0.3) is 22.6 Å². The van der Waals surface area contributed by atoms with Crippen LogP contribution in [0.3, 0.4) is 0 Å². The maximum absolute atomic E-state index is 12.2. The Balaban J connectivity index is 1.47. The molecule has 4 aromatic rings. The molecule has 0 aliphatic carbocycles. The van der Waals surface area contributed by atoms with Gasteiger partial charge in [0.05, 0.1) is 12.5 Å². The topological polar surface area (TPSA) is 104 Å². The predicted octanol–water partition coefficient (Wildman–Crippen LogP) is 5.90. The Bertz CT molecular complexity index is 1260. The van der Waals surface area contributed by atoms with Crippen molar-refractivity contribution in [2.45, 2.75) is 32.7 Å². The van der Waals surface area contributed by atoms with Crippen LogP contribution in [-0.4, -0.2) is 28.5 Å². The molecule has 0 saturated carbocycles. The first-order chi connectivity index (χ1) is 16.9. The Morgan fingerprint density at radius 1 is 1.00 bits per heavy atom. The maximum Gasteiger partial charge on any atom is 0.305 e. The second-order valence-electron chi connectivity index (χ2n) is 8.59. The summed E-state index contributed by atoms with van der Waals surface area (Å²) in [5.74, 6) is -0.263. The molecule has 0 spiro atoms. The molecule has 4 rings (SSSR count). The summed E-state index contributed by atoms with van der Waals surface area (Å²) in [6.07, 6.45) is 0.891. The number of oxazole rings is 1. The standard InChI is InChI=1S/C28H29N3O4/c1-3-18(2)26(30-22-14-12-20(13-15-22)27(34)29-17-16-25(32)33)19-8-10-21(11-9-19)28-31-23-6-4-5-7-24(23)35-28/h4-15,18,26,30H,3,16-17H2,1-2H3,(H,29,34)(H,32,33)/t18?,26-/m1/s1. The van der Waals surface area contributed by atoms with Gasteiger partial charge in [-0.1, -0.05) is 44.5 Å². The van der Waals surface area contributed by atoms with Gasteiger partial charge in [-0.25, -0.2) is 4.98 Å². The predicted molar refractivity (Wildman–Crippen MR) is 136 cm³/mol. The summed E-state index contributed by atoms with van der Waals surface area (Å²) in [7, 11) is 0. The summed E-state index contributed by atoms with van der Waals surface area (Å²) >= 11 is 0. The van der Waals surface area contributed by atoms with Gasteiger partial charge in [-0.2, -0.15) is 0 Å². The van der Waals surface area contributed by atoms with Crippen LogP contribution in [-0.2, 0) is 4.79 Å². The third-order valence-electron chi connectivity index (χ3n) is 6.12. The molecule has 0 aliphatic heterocycles. The van der Waals surface area contributed by atoms with Crippen LogP contribution >= 0.6 is 0 Å². The average molecular weight is 472 g/mol. The number of nitrogens with zero attached hydrogens (tertiary/aromatic N) is 1. The molecule has 1 unspecified atom stereocenters. The van der Waals surface area contributed by atoms with Crippen molar-refractivity contribution in [3.63, 3.8) is 0 Å². The molecule has 0 fully saturated rings. The highest BCUT2D eigenvalue weighted by Gasteiger charge is 2.19. The van der Waals surface area contributed by atoms with E-state index in [0.717, 1.165) is 34.3 Å². The van der Waals surface area contributed by atoms with Crippen LogP contribution in [0, 0.1) is 5.92 Å². The molecule has 2 atom stereocenters. The van der Waals surface area contributed by atoms with Gasteiger partial charge >= 0.3 is 5.97 Å². The molecule has 3 N–H and O–H groups in total. The molecule has 35 heavy (non-hydrogen) atoms. The number of anilines is 1. The number of rotatable bonds is 10. The van der Waals surface area contributed by atoms with E-state index in [1.54, 1.807) is 12.1 Å². The molecular formula is C28H29N3O4. The van der Waals surface area contributed by atoms with E-state index in [2.05, 4.69) is 41.6 Å². The van der Waals surface area contributed by atoms with Crippen LogP contribution in [0.5, 0.6) is 0 Å². The zero-order valence-corrected chi connectivity index (χ0v) is 19.8. The molecule has 1 aromatic heterocycles. The summed E-state index contributed by atoms with van der Waals surface area (Å²) in [4.78, 5) is 27.4. The van der Waals surface area contributed by atoms with Gasteiger partial charge in [-0.05, 0) is 60.0 Å². The number of amides is 1. The van der Waals surface area contributed by atoms with Gasteiger partial charge in [0.1, 0.15) is 5.52 Å². The lowest BCUT2D eigenvalue weighted by atomic mass is 9.91. The van der Waals surface area contributed by atoms with E-state index >= 15 is 0 Å². The molecule has 0 saturated heterocycles. The zero-order chi connectivity index (χ0) is 24.8. The van der Waals surface area contributed by atoms with Gasteiger partial charge in [0.2, 0.25) is 5.89 Å². The second kappa shape index (κ2) is 10.9. The van der Waals surface area contributed by atoms with Crippen molar-refractivity contribution in [2.75, 3.05) is 11.9 Å². The van der Waals surface area contributed by atoms with Crippen molar-refractivity contribution in [3.05, 3.63) is 83.9 Å². The number of para-hydroxylation sites is 2. The number of nitrogens with one attached hydrogen (secondary N) is 2. The van der Waals surface area contributed by atoms with Crippen LogP contribution in [0.15, 0.2) is 77.2 Å². The van der Waals surface area contributed by atoms with Crippen LogP contribution in [0.1, 0.15) is 48.7 Å². The van der Waals surface area contributed by atoms with E-state index < -0.39 is 5.97 Å². The lowest BCUT2D eigenvalue weighted by Gasteiger charge is -2.26. The minimum atomic E-state index is -0.942. The van der Waals surface area contributed by atoms with Crippen LogP contribution in [0.2, 0.25) is 0 Å². The molecule has 7 heteroatoms. The fraction of sp³-hybridized carbons (Fsp3) is 0.250. The van der Waals surface area contributed by atoms with E-state index in [4.69, 9.17) is 9.52 Å². The van der Waals surface area contributed by atoms with Crippen molar-refractivity contribution in [1.29, 1.82) is 0 Å². The number of carbonyl (C=O) groups excluding carboxylic acids is 1.